The molecule has 0 unspecified atom stereocenters. The molecule has 0 aromatic heterocycles. The summed E-state index contributed by atoms with van der Waals surface area (Å²) in [6.07, 6.45) is -4.98. The van der Waals surface area contributed by atoms with E-state index in [-0.39, 0.29) is 13.2 Å². The van der Waals surface area contributed by atoms with E-state index in [1.165, 1.54) is 12.1 Å². The van der Waals surface area contributed by atoms with Gasteiger partial charge < -0.3 is 19.7 Å². The lowest BCUT2D eigenvalue weighted by molar-refractivity contribution is -0.137. The molecule has 0 amide bonds. The van der Waals surface area contributed by atoms with Crippen molar-refractivity contribution in [2.24, 2.45) is 0 Å². The van der Waals surface area contributed by atoms with Crippen LogP contribution in [0.3, 0.4) is 0 Å². The first kappa shape index (κ1) is 16.8. The van der Waals surface area contributed by atoms with Crippen LogP contribution in [0.15, 0.2) is 24.3 Å². The molecule has 0 aliphatic heterocycles. The van der Waals surface area contributed by atoms with Gasteiger partial charge in [0.2, 0.25) is 0 Å². The molecule has 2 N–H and O–H groups in total. The van der Waals surface area contributed by atoms with Crippen molar-refractivity contribution >= 4 is 12.6 Å². The zero-order chi connectivity index (χ0) is 15.2. The fourth-order valence-corrected chi connectivity index (χ4v) is 1.48. The first-order valence-corrected chi connectivity index (χ1v) is 6.12. The highest BCUT2D eigenvalue weighted by molar-refractivity contribution is 6.58. The van der Waals surface area contributed by atoms with Crippen molar-refractivity contribution in [2.75, 3.05) is 26.7 Å². The topological polar surface area (TPSA) is 52.9 Å². The summed E-state index contributed by atoms with van der Waals surface area (Å²) >= 11 is 0. The van der Waals surface area contributed by atoms with Crippen molar-refractivity contribution in [3.05, 3.63) is 24.3 Å². The molecule has 4 nitrogen and oxygen atoms in total. The third-order valence-electron chi connectivity index (χ3n) is 2.70. The molecule has 0 saturated heterocycles. The fourth-order valence-electron chi connectivity index (χ4n) is 1.48. The van der Waals surface area contributed by atoms with Gasteiger partial charge in [-0.1, -0.05) is 12.1 Å². The van der Waals surface area contributed by atoms with E-state index < -0.39 is 19.7 Å². The van der Waals surface area contributed by atoms with E-state index in [9.17, 15) is 13.2 Å². The second-order valence-electron chi connectivity index (χ2n) is 4.46. The van der Waals surface area contributed by atoms with Crippen LogP contribution >= 0.6 is 0 Å². The summed E-state index contributed by atoms with van der Waals surface area (Å²) < 4.78 is 41.4. The molecule has 112 valence electrons. The van der Waals surface area contributed by atoms with Crippen molar-refractivity contribution in [3.8, 4) is 5.75 Å². The van der Waals surface area contributed by atoms with Crippen LogP contribution in [0.1, 0.15) is 6.42 Å². The molecule has 1 aromatic carbocycles. The summed E-state index contributed by atoms with van der Waals surface area (Å²) in [6.45, 7) is 0.568. The van der Waals surface area contributed by atoms with Gasteiger partial charge in [0.05, 0.1) is 6.42 Å². The molecule has 0 radical (unpaired) electrons. The first-order chi connectivity index (χ1) is 9.28. The zero-order valence-electron chi connectivity index (χ0n) is 11.1. The molecule has 8 heteroatoms. The molecule has 0 aliphatic carbocycles. The highest BCUT2D eigenvalue weighted by atomic mass is 19.4. The van der Waals surface area contributed by atoms with Crippen LogP contribution in [-0.4, -0.2) is 55.0 Å². The minimum absolute atomic E-state index is 0.0670. The van der Waals surface area contributed by atoms with E-state index in [1.807, 2.05) is 0 Å². The summed E-state index contributed by atoms with van der Waals surface area (Å²) in [5.74, 6) is 0.527. The van der Waals surface area contributed by atoms with E-state index in [0.717, 1.165) is 0 Å². The van der Waals surface area contributed by atoms with E-state index in [4.69, 9.17) is 14.8 Å². The molecule has 20 heavy (non-hydrogen) atoms. The Morgan fingerprint density at radius 1 is 1.15 bits per heavy atom. The van der Waals surface area contributed by atoms with Crippen LogP contribution in [-0.2, 0) is 0 Å². The van der Waals surface area contributed by atoms with E-state index in [2.05, 4.69) is 0 Å². The second-order valence-corrected chi connectivity index (χ2v) is 4.46. The van der Waals surface area contributed by atoms with Crippen molar-refractivity contribution in [3.63, 3.8) is 0 Å². The van der Waals surface area contributed by atoms with Crippen molar-refractivity contribution in [1.29, 1.82) is 0 Å². The van der Waals surface area contributed by atoms with Crippen LogP contribution in [0.2, 0.25) is 0 Å². The third-order valence-corrected chi connectivity index (χ3v) is 2.70. The van der Waals surface area contributed by atoms with Gasteiger partial charge >= 0.3 is 13.3 Å². The number of hydrogen-bond acceptors (Lipinski definition) is 4. The van der Waals surface area contributed by atoms with Gasteiger partial charge in [0, 0.05) is 13.1 Å². The predicted molar refractivity (Wildman–Crippen MR) is 69.9 cm³/mol. The number of likely N-dealkylation sites (N-methyl/N-ethyl adjacent to an activating group) is 1. The number of alkyl halides is 3. The van der Waals surface area contributed by atoms with Crippen LogP contribution in [0.4, 0.5) is 13.2 Å². The average Bonchev–Trinajstić information content (AvgIpc) is 2.36. The van der Waals surface area contributed by atoms with Crippen molar-refractivity contribution in [2.45, 2.75) is 12.6 Å². The Morgan fingerprint density at radius 3 is 2.25 bits per heavy atom. The molecule has 0 atom stereocenters. The quantitative estimate of drug-likeness (QED) is 0.724. The molecule has 0 saturated carbocycles. The zero-order valence-corrected chi connectivity index (χ0v) is 11.1. The lowest BCUT2D eigenvalue weighted by Gasteiger charge is -2.17. The van der Waals surface area contributed by atoms with Crippen molar-refractivity contribution < 1.29 is 28.0 Å². The van der Waals surface area contributed by atoms with Crippen LogP contribution in [0.25, 0.3) is 0 Å². The summed E-state index contributed by atoms with van der Waals surface area (Å²) in [7, 11) is 0.0675. The number of nitrogens with zero attached hydrogens (tertiary/aromatic N) is 1. The van der Waals surface area contributed by atoms with Gasteiger partial charge in [-0.2, -0.15) is 13.2 Å². The van der Waals surface area contributed by atoms with Gasteiger partial charge in [0.15, 0.2) is 0 Å². The molecular weight excluding hydrogens is 274 g/mol. The van der Waals surface area contributed by atoms with Gasteiger partial charge in [0.1, 0.15) is 12.4 Å². The van der Waals surface area contributed by atoms with E-state index in [0.29, 0.717) is 17.8 Å². The van der Waals surface area contributed by atoms with Crippen molar-refractivity contribution in [1.82, 2.24) is 4.90 Å². The Labute approximate surface area is 115 Å². The van der Waals surface area contributed by atoms with Gasteiger partial charge in [-0.15, -0.1) is 0 Å². The van der Waals surface area contributed by atoms with E-state index in [1.54, 1.807) is 24.1 Å². The average molecular weight is 291 g/mol. The molecule has 1 aromatic rings. The monoisotopic (exact) mass is 291 g/mol. The van der Waals surface area contributed by atoms with Gasteiger partial charge in [-0.3, -0.25) is 0 Å². The summed E-state index contributed by atoms with van der Waals surface area (Å²) in [4.78, 5) is 1.54. The number of hydrogen-bond donors (Lipinski definition) is 2. The largest absolute Gasteiger partial charge is 0.492 e. The lowest BCUT2D eigenvalue weighted by atomic mass is 9.80. The third kappa shape index (κ3) is 6.79. The fraction of sp³-hybridized carbons (Fsp3) is 0.500. The van der Waals surface area contributed by atoms with Crippen LogP contribution in [0.5, 0.6) is 5.75 Å². The predicted octanol–water partition coefficient (Wildman–Crippen LogP) is 0.629. The van der Waals surface area contributed by atoms with Crippen LogP contribution < -0.4 is 10.2 Å². The number of rotatable bonds is 7. The summed E-state index contributed by atoms with van der Waals surface area (Å²) in [6, 6.07) is 6.16. The highest BCUT2D eigenvalue weighted by Gasteiger charge is 2.26. The molecule has 0 bridgehead atoms. The Balaban J connectivity index is 2.26. The molecule has 0 aliphatic rings. The number of halogens is 3. The maximum Gasteiger partial charge on any atom is 0.488 e. The van der Waals surface area contributed by atoms with Crippen LogP contribution in [0, 0.1) is 0 Å². The Bertz CT molecular complexity index is 398. The minimum Gasteiger partial charge on any atom is -0.492 e. The Kier molecular flexibility index (Phi) is 6.32. The maximum atomic E-state index is 12.0. The number of benzene rings is 1. The Hall–Kier alpha value is -1.25. The molecular formula is C12H17BF3NO3. The molecule has 0 fully saturated rings. The molecule has 0 heterocycles. The second kappa shape index (κ2) is 7.51. The Morgan fingerprint density at radius 2 is 1.75 bits per heavy atom. The van der Waals surface area contributed by atoms with Gasteiger partial charge in [0.25, 0.3) is 0 Å². The van der Waals surface area contributed by atoms with Gasteiger partial charge in [-0.05, 0) is 24.6 Å². The summed E-state index contributed by atoms with van der Waals surface area (Å²) in [5.41, 5.74) is 0.347. The van der Waals surface area contributed by atoms with Gasteiger partial charge in [-0.25, -0.2) is 0 Å². The van der Waals surface area contributed by atoms with E-state index >= 15 is 0 Å². The molecule has 1 rings (SSSR count). The standard InChI is InChI=1S/C12H17BF3NO3/c1-17(7-6-12(14,15)16)8-9-20-11-4-2-10(3-5-11)13(18)19/h2-5,18-19H,6-9H2,1H3. The highest BCUT2D eigenvalue weighted by Crippen LogP contribution is 2.19. The minimum atomic E-state index is -4.14. The summed E-state index contributed by atoms with van der Waals surface area (Å²) in [5, 5.41) is 17.8. The first-order valence-electron chi connectivity index (χ1n) is 6.12. The maximum absolute atomic E-state index is 12.0. The number of ether oxygens (including phenoxy) is 1. The lowest BCUT2D eigenvalue weighted by Crippen LogP contribution is -2.29. The normalized spacial score (nSPS) is 11.8. The smallest absolute Gasteiger partial charge is 0.488 e. The molecule has 0 spiro atoms. The SMILES string of the molecule is CN(CCOc1ccc(B(O)O)cc1)CCC(F)(F)F.